The van der Waals surface area contributed by atoms with Crippen molar-refractivity contribution >= 4 is 0 Å². The van der Waals surface area contributed by atoms with E-state index in [1.54, 1.807) is 0 Å². The molecule has 1 aliphatic heterocycles. The smallest absolute Gasteiger partial charge is 0.0206 e. The van der Waals surface area contributed by atoms with Gasteiger partial charge in [-0.2, -0.15) is 0 Å². The van der Waals surface area contributed by atoms with Gasteiger partial charge in [-0.05, 0) is 48.6 Å². The summed E-state index contributed by atoms with van der Waals surface area (Å²) in [7, 11) is 0. The third-order valence-corrected chi connectivity index (χ3v) is 4.81. The molecule has 126 valence electrons. The first kappa shape index (κ1) is 17.8. The van der Waals surface area contributed by atoms with Crippen LogP contribution in [0.3, 0.4) is 0 Å². The van der Waals surface area contributed by atoms with Gasteiger partial charge in [0.2, 0.25) is 0 Å². The average Bonchev–Trinajstić information content (AvgIpc) is 2.46. The predicted octanol–water partition coefficient (Wildman–Crippen LogP) is 5.72. The lowest BCUT2D eigenvalue weighted by molar-refractivity contribution is 0.213. The van der Waals surface area contributed by atoms with Crippen LogP contribution in [0.5, 0.6) is 0 Å². The molecule has 0 radical (unpaired) electrons. The highest BCUT2D eigenvalue weighted by atomic mass is 15.1. The zero-order valence-electron chi connectivity index (χ0n) is 15.5. The van der Waals surface area contributed by atoms with Gasteiger partial charge in [0.05, 0.1) is 0 Å². The van der Waals surface area contributed by atoms with Crippen molar-refractivity contribution in [2.24, 2.45) is 5.92 Å². The fourth-order valence-electron chi connectivity index (χ4n) is 3.72. The monoisotopic (exact) mass is 311 g/mol. The summed E-state index contributed by atoms with van der Waals surface area (Å²) in [6.07, 6.45) is 4.72. The molecular weight excluding hydrogens is 278 g/mol. The van der Waals surface area contributed by atoms with Crippen LogP contribution in [0.2, 0.25) is 0 Å². The van der Waals surface area contributed by atoms with Gasteiger partial charge >= 0.3 is 0 Å². The van der Waals surface area contributed by atoms with Crippen LogP contribution in [-0.4, -0.2) is 18.0 Å². The van der Waals surface area contributed by atoms with Crippen molar-refractivity contribution < 1.29 is 0 Å². The Morgan fingerprint density at radius 3 is 2.57 bits per heavy atom. The van der Waals surface area contributed by atoms with Crippen LogP contribution < -0.4 is 0 Å². The molecule has 0 aliphatic carbocycles. The first-order chi connectivity index (χ1) is 10.8. The van der Waals surface area contributed by atoms with Gasteiger partial charge in [-0.15, -0.1) is 0 Å². The summed E-state index contributed by atoms with van der Waals surface area (Å²) < 4.78 is 0. The maximum Gasteiger partial charge on any atom is 0.0206 e. The fourth-order valence-corrected chi connectivity index (χ4v) is 3.72. The van der Waals surface area contributed by atoms with Crippen LogP contribution in [0.15, 0.2) is 48.7 Å². The van der Waals surface area contributed by atoms with E-state index in [9.17, 15) is 0 Å². The maximum absolute atomic E-state index is 4.28. The number of piperidine rings is 1. The van der Waals surface area contributed by atoms with Gasteiger partial charge in [0.15, 0.2) is 0 Å². The molecule has 1 saturated heterocycles. The molecule has 1 atom stereocenters. The zero-order chi connectivity index (χ0) is 17.0. The Labute approximate surface area is 143 Å². The van der Waals surface area contributed by atoms with E-state index in [4.69, 9.17) is 0 Å². The number of nitrogens with zero attached hydrogens (tertiary/aromatic N) is 1. The van der Waals surface area contributed by atoms with Gasteiger partial charge in [-0.1, -0.05) is 63.8 Å². The van der Waals surface area contributed by atoms with E-state index in [0.717, 1.165) is 25.4 Å². The molecule has 1 nitrogen and oxygen atoms in total. The van der Waals surface area contributed by atoms with Crippen LogP contribution >= 0.6 is 0 Å². The summed E-state index contributed by atoms with van der Waals surface area (Å²) >= 11 is 0. The van der Waals surface area contributed by atoms with Gasteiger partial charge in [0, 0.05) is 25.2 Å². The second kappa shape index (κ2) is 7.38. The van der Waals surface area contributed by atoms with Gasteiger partial charge in [0.1, 0.15) is 0 Å². The summed E-state index contributed by atoms with van der Waals surface area (Å²) in [5.41, 5.74) is 5.69. The predicted molar refractivity (Wildman–Crippen MR) is 102 cm³/mol. The highest BCUT2D eigenvalue weighted by Gasteiger charge is 2.24. The molecule has 1 aromatic rings. The quantitative estimate of drug-likeness (QED) is 0.629. The molecule has 2 rings (SSSR count). The molecule has 1 aliphatic rings. The summed E-state index contributed by atoms with van der Waals surface area (Å²) in [6.45, 7) is 19.6. The standard InChI is InChI=1S/C22H33N/c1-17(2)14-18(3)23-13-9-10-19(16-23)15-20-11-7-8-12-21(20)22(4,5)6/h7-8,11-12,19H,1,3,9-10,13-16H2,2,4-6H3. The molecule has 0 saturated carbocycles. The molecule has 0 spiro atoms. The normalized spacial score (nSPS) is 18.8. The number of likely N-dealkylation sites (tertiary alicyclic amines) is 1. The van der Waals surface area contributed by atoms with Crippen LogP contribution in [0.4, 0.5) is 0 Å². The SMILES string of the molecule is C=C(C)CC(=C)N1CCCC(Cc2ccccc2C(C)(C)C)C1. The first-order valence-corrected chi connectivity index (χ1v) is 8.93. The molecule has 1 heterocycles. The highest BCUT2D eigenvalue weighted by molar-refractivity contribution is 5.33. The third kappa shape index (κ3) is 4.99. The molecule has 1 aromatic carbocycles. The van der Waals surface area contributed by atoms with E-state index in [0.29, 0.717) is 0 Å². The van der Waals surface area contributed by atoms with E-state index >= 15 is 0 Å². The van der Waals surface area contributed by atoms with E-state index < -0.39 is 0 Å². The Kier molecular flexibility index (Phi) is 5.73. The Morgan fingerprint density at radius 2 is 1.91 bits per heavy atom. The number of rotatable bonds is 5. The molecule has 0 amide bonds. The van der Waals surface area contributed by atoms with Gasteiger partial charge in [0.25, 0.3) is 0 Å². The second-order valence-corrected chi connectivity index (χ2v) is 8.27. The number of hydrogen-bond donors (Lipinski definition) is 0. The van der Waals surface area contributed by atoms with Crippen molar-refractivity contribution in [3.63, 3.8) is 0 Å². The van der Waals surface area contributed by atoms with E-state index in [1.807, 2.05) is 0 Å². The van der Waals surface area contributed by atoms with Crippen LogP contribution in [0.1, 0.15) is 58.1 Å². The Hall–Kier alpha value is -1.50. The van der Waals surface area contributed by atoms with Crippen LogP contribution in [0, 0.1) is 5.92 Å². The summed E-state index contributed by atoms with van der Waals surface area (Å²) in [5, 5.41) is 0. The lowest BCUT2D eigenvalue weighted by Gasteiger charge is -2.36. The van der Waals surface area contributed by atoms with E-state index in [-0.39, 0.29) is 5.41 Å². The molecular formula is C22H33N. The number of allylic oxidation sites excluding steroid dienone is 1. The lowest BCUT2D eigenvalue weighted by atomic mass is 9.80. The number of hydrogen-bond acceptors (Lipinski definition) is 1. The minimum absolute atomic E-state index is 0.217. The van der Waals surface area contributed by atoms with Gasteiger partial charge in [-0.25, -0.2) is 0 Å². The average molecular weight is 312 g/mol. The fraction of sp³-hybridized carbons (Fsp3) is 0.545. The maximum atomic E-state index is 4.28. The third-order valence-electron chi connectivity index (χ3n) is 4.81. The second-order valence-electron chi connectivity index (χ2n) is 8.27. The lowest BCUT2D eigenvalue weighted by Crippen LogP contribution is -2.35. The molecule has 0 N–H and O–H groups in total. The van der Waals surface area contributed by atoms with Crippen molar-refractivity contribution in [2.75, 3.05) is 13.1 Å². The van der Waals surface area contributed by atoms with E-state index in [1.165, 1.54) is 41.7 Å². The minimum atomic E-state index is 0.217. The van der Waals surface area contributed by atoms with Crippen LogP contribution in [-0.2, 0) is 11.8 Å². The first-order valence-electron chi connectivity index (χ1n) is 8.93. The largest absolute Gasteiger partial charge is 0.375 e. The molecule has 0 bridgehead atoms. The molecule has 0 aromatic heterocycles. The van der Waals surface area contributed by atoms with Crippen molar-refractivity contribution in [3.05, 3.63) is 59.8 Å². The van der Waals surface area contributed by atoms with Crippen molar-refractivity contribution in [3.8, 4) is 0 Å². The Bertz CT molecular complexity index is 562. The summed E-state index contributed by atoms with van der Waals surface area (Å²) in [6, 6.07) is 8.98. The minimum Gasteiger partial charge on any atom is -0.375 e. The Balaban J connectivity index is 2.06. The van der Waals surface area contributed by atoms with Gasteiger partial charge < -0.3 is 4.90 Å². The van der Waals surface area contributed by atoms with E-state index in [2.05, 4.69) is 70.0 Å². The highest BCUT2D eigenvalue weighted by Crippen LogP contribution is 2.30. The topological polar surface area (TPSA) is 3.24 Å². The van der Waals surface area contributed by atoms with Gasteiger partial charge in [-0.3, -0.25) is 0 Å². The zero-order valence-corrected chi connectivity index (χ0v) is 15.5. The molecule has 1 heteroatoms. The van der Waals surface area contributed by atoms with Crippen molar-refractivity contribution in [2.45, 2.75) is 58.8 Å². The van der Waals surface area contributed by atoms with Crippen LogP contribution in [0.25, 0.3) is 0 Å². The van der Waals surface area contributed by atoms with Crippen molar-refractivity contribution in [1.82, 2.24) is 4.90 Å². The summed E-state index contributed by atoms with van der Waals surface area (Å²) in [4.78, 5) is 2.49. The van der Waals surface area contributed by atoms with Crippen molar-refractivity contribution in [1.29, 1.82) is 0 Å². The molecule has 23 heavy (non-hydrogen) atoms. The number of benzene rings is 1. The molecule has 1 fully saturated rings. The summed E-state index contributed by atoms with van der Waals surface area (Å²) in [5.74, 6) is 0.731. The molecule has 1 unspecified atom stereocenters. The Morgan fingerprint density at radius 1 is 1.22 bits per heavy atom.